The zero-order chi connectivity index (χ0) is 15.5. The average Bonchev–Trinajstić information content (AvgIpc) is 3.01. The molecule has 1 aliphatic heterocycles. The van der Waals surface area contributed by atoms with Gasteiger partial charge in [-0.25, -0.2) is 4.99 Å². The second kappa shape index (κ2) is 6.50. The number of nitrogens with one attached hydrogen (secondary N) is 1. The molecule has 1 aliphatic rings. The largest absolute Gasteiger partial charge is 0.359 e. The summed E-state index contributed by atoms with van der Waals surface area (Å²) in [5, 5.41) is 7.46. The number of aromatic nitrogens is 1. The van der Waals surface area contributed by atoms with E-state index >= 15 is 0 Å². The van der Waals surface area contributed by atoms with E-state index in [9.17, 15) is 0 Å². The van der Waals surface area contributed by atoms with Crippen molar-refractivity contribution in [1.82, 2.24) is 15.4 Å². The lowest BCUT2D eigenvalue weighted by Gasteiger charge is -2.23. The van der Waals surface area contributed by atoms with Crippen molar-refractivity contribution in [3.63, 3.8) is 0 Å². The number of aliphatic imine (C=N–C) groups is 1. The van der Waals surface area contributed by atoms with Gasteiger partial charge in [0.25, 0.3) is 0 Å². The Morgan fingerprint density at radius 3 is 2.81 bits per heavy atom. The molecular weight excluding hydrogens is 264 g/mol. The van der Waals surface area contributed by atoms with Crippen LogP contribution < -0.4 is 5.32 Å². The first-order valence-electron chi connectivity index (χ1n) is 7.90. The fourth-order valence-electron chi connectivity index (χ4n) is 2.55. The minimum absolute atomic E-state index is 0.368. The summed E-state index contributed by atoms with van der Waals surface area (Å²) in [6.07, 6.45) is 1.21. The van der Waals surface area contributed by atoms with Crippen LogP contribution in [0.4, 0.5) is 0 Å². The molecule has 0 radical (unpaired) electrons. The SMILES string of the molecule is CCNC(=NCc1cc(C(C)C)no1)N1CCC(C)(C)C1. The summed E-state index contributed by atoms with van der Waals surface area (Å²) in [5.74, 6) is 2.19. The molecule has 0 bridgehead atoms. The Morgan fingerprint density at radius 1 is 1.52 bits per heavy atom. The Hall–Kier alpha value is -1.52. The van der Waals surface area contributed by atoms with E-state index in [1.807, 2.05) is 6.07 Å². The molecule has 5 heteroatoms. The fraction of sp³-hybridized carbons (Fsp3) is 0.750. The second-order valence-corrected chi connectivity index (χ2v) is 6.88. The molecule has 0 spiro atoms. The minimum Gasteiger partial charge on any atom is -0.359 e. The first-order valence-corrected chi connectivity index (χ1v) is 7.90. The number of hydrogen-bond acceptors (Lipinski definition) is 3. The molecule has 1 N–H and O–H groups in total. The number of rotatable bonds is 4. The van der Waals surface area contributed by atoms with E-state index in [0.29, 0.717) is 17.9 Å². The highest BCUT2D eigenvalue weighted by Crippen LogP contribution is 2.28. The van der Waals surface area contributed by atoms with Crippen molar-refractivity contribution in [2.75, 3.05) is 19.6 Å². The van der Waals surface area contributed by atoms with Gasteiger partial charge in [-0.1, -0.05) is 32.9 Å². The third-order valence-corrected chi connectivity index (χ3v) is 3.87. The van der Waals surface area contributed by atoms with E-state index in [1.165, 1.54) is 6.42 Å². The van der Waals surface area contributed by atoms with Crippen LogP contribution in [-0.4, -0.2) is 35.7 Å². The van der Waals surface area contributed by atoms with Crippen LogP contribution in [0.1, 0.15) is 58.4 Å². The molecule has 5 nitrogen and oxygen atoms in total. The molecule has 0 amide bonds. The van der Waals surface area contributed by atoms with Gasteiger partial charge in [-0.2, -0.15) is 0 Å². The monoisotopic (exact) mass is 292 g/mol. The molecule has 2 heterocycles. The van der Waals surface area contributed by atoms with Gasteiger partial charge in [0.15, 0.2) is 11.7 Å². The lowest BCUT2D eigenvalue weighted by atomic mass is 9.93. The van der Waals surface area contributed by atoms with Gasteiger partial charge in [-0.05, 0) is 24.7 Å². The van der Waals surface area contributed by atoms with Gasteiger partial charge in [0.1, 0.15) is 6.54 Å². The molecule has 0 saturated carbocycles. The lowest BCUT2D eigenvalue weighted by Crippen LogP contribution is -2.40. The minimum atomic E-state index is 0.368. The van der Waals surface area contributed by atoms with Crippen molar-refractivity contribution in [1.29, 1.82) is 0 Å². The van der Waals surface area contributed by atoms with Crippen LogP contribution in [0.2, 0.25) is 0 Å². The van der Waals surface area contributed by atoms with Gasteiger partial charge in [-0.15, -0.1) is 0 Å². The second-order valence-electron chi connectivity index (χ2n) is 6.88. The third kappa shape index (κ3) is 4.22. The van der Waals surface area contributed by atoms with Gasteiger partial charge in [0.2, 0.25) is 0 Å². The normalized spacial score (nSPS) is 18.6. The molecule has 0 aromatic carbocycles. The van der Waals surface area contributed by atoms with Crippen molar-refractivity contribution in [2.24, 2.45) is 10.4 Å². The number of guanidine groups is 1. The Bertz CT molecular complexity index is 490. The van der Waals surface area contributed by atoms with Crippen molar-refractivity contribution in [3.8, 4) is 0 Å². The first-order chi connectivity index (χ1) is 9.91. The molecular formula is C16H28N4O. The summed E-state index contributed by atoms with van der Waals surface area (Å²) < 4.78 is 5.35. The van der Waals surface area contributed by atoms with E-state index < -0.39 is 0 Å². The zero-order valence-corrected chi connectivity index (χ0v) is 13.9. The highest BCUT2D eigenvalue weighted by molar-refractivity contribution is 5.80. The fourth-order valence-corrected chi connectivity index (χ4v) is 2.55. The highest BCUT2D eigenvalue weighted by atomic mass is 16.5. The number of hydrogen-bond donors (Lipinski definition) is 1. The van der Waals surface area contributed by atoms with E-state index in [-0.39, 0.29) is 0 Å². The maximum absolute atomic E-state index is 5.35. The van der Waals surface area contributed by atoms with Gasteiger partial charge in [0.05, 0.1) is 5.69 Å². The van der Waals surface area contributed by atoms with Crippen molar-refractivity contribution >= 4 is 5.96 Å². The Balaban J connectivity index is 2.03. The van der Waals surface area contributed by atoms with Crippen molar-refractivity contribution in [2.45, 2.75) is 53.5 Å². The molecule has 0 aliphatic carbocycles. The van der Waals surface area contributed by atoms with Crippen molar-refractivity contribution < 1.29 is 4.52 Å². The molecule has 1 fully saturated rings. The maximum Gasteiger partial charge on any atom is 0.194 e. The summed E-state index contributed by atoms with van der Waals surface area (Å²) in [7, 11) is 0. The van der Waals surface area contributed by atoms with Crippen LogP contribution in [-0.2, 0) is 6.54 Å². The van der Waals surface area contributed by atoms with Crippen LogP contribution >= 0.6 is 0 Å². The standard InChI is InChI=1S/C16H28N4O/c1-6-17-15(20-8-7-16(4,5)11-20)18-10-13-9-14(12(2)3)19-21-13/h9,12H,6-8,10-11H2,1-5H3,(H,17,18). The lowest BCUT2D eigenvalue weighted by molar-refractivity contribution is 0.365. The van der Waals surface area contributed by atoms with Crippen LogP contribution in [0.5, 0.6) is 0 Å². The van der Waals surface area contributed by atoms with E-state index in [0.717, 1.165) is 37.0 Å². The van der Waals surface area contributed by atoms with Crippen molar-refractivity contribution in [3.05, 3.63) is 17.5 Å². The Morgan fingerprint density at radius 2 is 2.29 bits per heavy atom. The van der Waals surface area contributed by atoms with Crippen LogP contribution in [0.3, 0.4) is 0 Å². The summed E-state index contributed by atoms with van der Waals surface area (Å²) >= 11 is 0. The van der Waals surface area contributed by atoms with Crippen LogP contribution in [0.15, 0.2) is 15.6 Å². The third-order valence-electron chi connectivity index (χ3n) is 3.87. The molecule has 1 saturated heterocycles. The van der Waals surface area contributed by atoms with Crippen LogP contribution in [0.25, 0.3) is 0 Å². The maximum atomic E-state index is 5.35. The predicted molar refractivity (Wildman–Crippen MR) is 85.4 cm³/mol. The Labute approximate surface area is 127 Å². The summed E-state index contributed by atoms with van der Waals surface area (Å²) in [6, 6.07) is 2.01. The number of nitrogens with zero attached hydrogens (tertiary/aromatic N) is 3. The molecule has 2 rings (SSSR count). The van der Waals surface area contributed by atoms with E-state index in [2.05, 4.69) is 50.0 Å². The van der Waals surface area contributed by atoms with Gasteiger partial charge < -0.3 is 14.7 Å². The first kappa shape index (κ1) is 15.9. The molecule has 0 unspecified atom stereocenters. The van der Waals surface area contributed by atoms with Gasteiger partial charge in [0, 0.05) is 25.7 Å². The van der Waals surface area contributed by atoms with E-state index in [4.69, 9.17) is 9.52 Å². The molecule has 21 heavy (non-hydrogen) atoms. The molecule has 1 aromatic heterocycles. The summed E-state index contributed by atoms with van der Waals surface area (Å²) in [4.78, 5) is 7.04. The average molecular weight is 292 g/mol. The smallest absolute Gasteiger partial charge is 0.194 e. The topological polar surface area (TPSA) is 53.7 Å². The summed E-state index contributed by atoms with van der Waals surface area (Å²) in [5.41, 5.74) is 1.36. The molecule has 0 atom stereocenters. The molecule has 1 aromatic rings. The molecule has 118 valence electrons. The Kier molecular flexibility index (Phi) is 4.91. The summed E-state index contributed by atoms with van der Waals surface area (Å²) in [6.45, 7) is 14.5. The highest BCUT2D eigenvalue weighted by Gasteiger charge is 2.30. The van der Waals surface area contributed by atoms with Crippen LogP contribution in [0, 0.1) is 5.41 Å². The quantitative estimate of drug-likeness (QED) is 0.684. The van der Waals surface area contributed by atoms with E-state index in [1.54, 1.807) is 0 Å². The number of likely N-dealkylation sites (tertiary alicyclic amines) is 1. The van der Waals surface area contributed by atoms with Gasteiger partial charge in [-0.3, -0.25) is 0 Å². The zero-order valence-electron chi connectivity index (χ0n) is 13.9. The van der Waals surface area contributed by atoms with Gasteiger partial charge >= 0.3 is 0 Å². The predicted octanol–water partition coefficient (Wildman–Crippen LogP) is 3.00.